The Labute approximate surface area is 130 Å². The van der Waals surface area contributed by atoms with E-state index in [9.17, 15) is 20.3 Å². The number of phenols is 2. The van der Waals surface area contributed by atoms with E-state index >= 15 is 0 Å². The van der Waals surface area contributed by atoms with E-state index in [0.717, 1.165) is 12.1 Å². The number of nitro benzene ring substituents is 1. The molecule has 0 radical (unpaired) electrons. The van der Waals surface area contributed by atoms with E-state index in [4.69, 9.17) is 16.3 Å². The highest BCUT2D eigenvalue weighted by molar-refractivity contribution is 6.30. The normalized spacial score (nSPS) is 10.8. The van der Waals surface area contributed by atoms with Gasteiger partial charge in [-0.15, -0.1) is 0 Å². The van der Waals surface area contributed by atoms with Crippen LogP contribution in [0.25, 0.3) is 0 Å². The van der Waals surface area contributed by atoms with Crippen molar-refractivity contribution in [3.63, 3.8) is 0 Å². The van der Waals surface area contributed by atoms with Crippen LogP contribution < -0.4 is 4.74 Å². The fourth-order valence-electron chi connectivity index (χ4n) is 1.71. The molecule has 0 fully saturated rings. The second-order valence-electron chi connectivity index (χ2n) is 4.23. The number of benzene rings is 2. The summed E-state index contributed by atoms with van der Waals surface area (Å²) in [5.41, 5.74) is -0.0192. The second-order valence-corrected chi connectivity index (χ2v) is 4.67. The van der Waals surface area contributed by atoms with E-state index < -0.39 is 4.92 Å². The van der Waals surface area contributed by atoms with Crippen molar-refractivity contribution in [2.45, 2.75) is 0 Å². The maximum Gasteiger partial charge on any atom is 0.274 e. The number of hydrogen-bond acceptors (Lipinski definition) is 6. The third-order valence-electron chi connectivity index (χ3n) is 2.80. The van der Waals surface area contributed by atoms with Gasteiger partial charge in [0.05, 0.1) is 18.1 Å². The lowest BCUT2D eigenvalue weighted by atomic mass is 10.1. The lowest BCUT2D eigenvalue weighted by Crippen LogP contribution is -1.94. The zero-order valence-corrected chi connectivity index (χ0v) is 12.1. The molecule has 0 aliphatic rings. The third kappa shape index (κ3) is 3.26. The van der Waals surface area contributed by atoms with Crippen LogP contribution in [0.2, 0.25) is 5.02 Å². The number of aliphatic imine (C=N–C) groups is 1. The summed E-state index contributed by atoms with van der Waals surface area (Å²) in [7, 11) is 1.28. The van der Waals surface area contributed by atoms with E-state index in [0.29, 0.717) is 5.02 Å². The van der Waals surface area contributed by atoms with E-state index in [1.165, 1.54) is 31.5 Å². The third-order valence-corrected chi connectivity index (χ3v) is 3.04. The highest BCUT2D eigenvalue weighted by Gasteiger charge is 2.15. The first-order chi connectivity index (χ1) is 10.4. The van der Waals surface area contributed by atoms with Crippen LogP contribution in [-0.4, -0.2) is 28.5 Å². The van der Waals surface area contributed by atoms with Crippen LogP contribution in [0, 0.1) is 10.1 Å². The fraction of sp³-hybridized carbons (Fsp3) is 0.0714. The van der Waals surface area contributed by atoms with Crippen molar-refractivity contribution >= 4 is 29.2 Å². The van der Waals surface area contributed by atoms with Crippen molar-refractivity contribution in [1.29, 1.82) is 0 Å². The Morgan fingerprint density at radius 2 is 2.05 bits per heavy atom. The lowest BCUT2D eigenvalue weighted by Gasteiger charge is -2.06. The Morgan fingerprint density at radius 3 is 2.68 bits per heavy atom. The van der Waals surface area contributed by atoms with Crippen molar-refractivity contribution in [3.05, 3.63) is 51.0 Å². The summed E-state index contributed by atoms with van der Waals surface area (Å²) in [5, 5.41) is 30.9. The predicted molar refractivity (Wildman–Crippen MR) is 81.7 cm³/mol. The molecule has 8 heteroatoms. The summed E-state index contributed by atoms with van der Waals surface area (Å²) >= 11 is 5.80. The van der Waals surface area contributed by atoms with Gasteiger partial charge in [-0.3, -0.25) is 15.1 Å². The molecule has 114 valence electrons. The Hall–Kier alpha value is -2.80. The van der Waals surface area contributed by atoms with Crippen molar-refractivity contribution in [2.75, 3.05) is 7.11 Å². The standard InChI is InChI=1S/C14H11ClN2O5/c1-22-13-6-10(17(20)21)4-8(14(13)19)7-16-11-5-9(15)2-3-12(11)18/h2-7,18-19H,1H3. The van der Waals surface area contributed by atoms with Gasteiger partial charge in [-0.1, -0.05) is 11.6 Å². The minimum Gasteiger partial charge on any atom is -0.506 e. The molecule has 0 amide bonds. The molecule has 0 spiro atoms. The largest absolute Gasteiger partial charge is 0.506 e. The Kier molecular flexibility index (Phi) is 4.47. The molecule has 0 heterocycles. The van der Waals surface area contributed by atoms with Crippen LogP contribution in [0.15, 0.2) is 35.3 Å². The number of rotatable bonds is 4. The molecule has 7 nitrogen and oxygen atoms in total. The van der Waals surface area contributed by atoms with E-state index in [-0.39, 0.29) is 34.2 Å². The van der Waals surface area contributed by atoms with Crippen LogP contribution in [-0.2, 0) is 0 Å². The minimum absolute atomic E-state index is 0.0500. The molecule has 0 saturated carbocycles. The molecule has 2 aromatic carbocycles. The summed E-state index contributed by atoms with van der Waals surface area (Å²) in [6, 6.07) is 6.51. The van der Waals surface area contributed by atoms with E-state index in [1.807, 2.05) is 0 Å². The Morgan fingerprint density at radius 1 is 1.32 bits per heavy atom. The van der Waals surface area contributed by atoms with Gasteiger partial charge >= 0.3 is 0 Å². The van der Waals surface area contributed by atoms with Gasteiger partial charge in [0, 0.05) is 22.9 Å². The quantitative estimate of drug-likeness (QED) is 0.509. The molecule has 2 aromatic rings. The summed E-state index contributed by atoms with van der Waals surface area (Å²) in [6.45, 7) is 0. The SMILES string of the molecule is COc1cc([N+](=O)[O-])cc(C=Nc2cc(Cl)ccc2O)c1O. The highest BCUT2D eigenvalue weighted by atomic mass is 35.5. The molecule has 2 rings (SSSR count). The highest BCUT2D eigenvalue weighted by Crippen LogP contribution is 2.34. The van der Waals surface area contributed by atoms with Gasteiger partial charge in [-0.05, 0) is 18.2 Å². The van der Waals surface area contributed by atoms with Gasteiger partial charge in [0.15, 0.2) is 11.5 Å². The van der Waals surface area contributed by atoms with Crippen molar-refractivity contribution in [2.24, 2.45) is 4.99 Å². The molecular weight excluding hydrogens is 312 g/mol. The predicted octanol–water partition coefficient (Wildman–Crippen LogP) is 3.42. The zero-order valence-electron chi connectivity index (χ0n) is 11.4. The van der Waals surface area contributed by atoms with E-state index in [1.54, 1.807) is 0 Å². The summed E-state index contributed by atoms with van der Waals surface area (Å²) in [5.74, 6) is -0.457. The number of halogens is 1. The number of hydrogen-bond donors (Lipinski definition) is 2. The first-order valence-electron chi connectivity index (χ1n) is 6.00. The van der Waals surface area contributed by atoms with Gasteiger partial charge in [0.1, 0.15) is 11.4 Å². The molecule has 22 heavy (non-hydrogen) atoms. The van der Waals surface area contributed by atoms with Gasteiger partial charge in [-0.25, -0.2) is 0 Å². The second kappa shape index (κ2) is 6.31. The van der Waals surface area contributed by atoms with Gasteiger partial charge in [-0.2, -0.15) is 0 Å². The topological polar surface area (TPSA) is 105 Å². The first-order valence-corrected chi connectivity index (χ1v) is 6.38. The molecule has 0 atom stereocenters. The van der Waals surface area contributed by atoms with Crippen molar-refractivity contribution < 1.29 is 19.9 Å². The molecule has 0 bridgehead atoms. The van der Waals surface area contributed by atoms with Gasteiger partial charge < -0.3 is 14.9 Å². The summed E-state index contributed by atoms with van der Waals surface area (Å²) < 4.78 is 4.88. The van der Waals surface area contributed by atoms with Crippen molar-refractivity contribution in [1.82, 2.24) is 0 Å². The van der Waals surface area contributed by atoms with Crippen LogP contribution in [0.3, 0.4) is 0 Å². The number of aromatic hydroxyl groups is 2. The average molecular weight is 323 g/mol. The number of nitro groups is 1. The Bertz CT molecular complexity index is 761. The summed E-state index contributed by atoms with van der Waals surface area (Å²) in [4.78, 5) is 14.2. The number of ether oxygens (including phenoxy) is 1. The first kappa shape index (κ1) is 15.6. The molecule has 2 N–H and O–H groups in total. The molecule has 0 aliphatic carbocycles. The molecule has 0 aliphatic heterocycles. The molecule has 0 unspecified atom stereocenters. The van der Waals surface area contributed by atoms with Crippen LogP contribution in [0.5, 0.6) is 17.2 Å². The van der Waals surface area contributed by atoms with Gasteiger partial charge in [0.2, 0.25) is 0 Å². The fourth-order valence-corrected chi connectivity index (χ4v) is 1.88. The number of phenolic OH excluding ortho intramolecular Hbond substituents is 2. The van der Waals surface area contributed by atoms with Crippen LogP contribution in [0.4, 0.5) is 11.4 Å². The summed E-state index contributed by atoms with van der Waals surface area (Å²) in [6.07, 6.45) is 1.18. The molecule has 0 aromatic heterocycles. The lowest BCUT2D eigenvalue weighted by molar-refractivity contribution is -0.385. The van der Waals surface area contributed by atoms with Gasteiger partial charge in [0.25, 0.3) is 5.69 Å². The number of methoxy groups -OCH3 is 1. The van der Waals surface area contributed by atoms with Crippen molar-refractivity contribution in [3.8, 4) is 17.2 Å². The zero-order chi connectivity index (χ0) is 16.3. The maximum atomic E-state index is 10.9. The average Bonchev–Trinajstić information content (AvgIpc) is 2.49. The molecule has 0 saturated heterocycles. The van der Waals surface area contributed by atoms with Crippen LogP contribution in [0.1, 0.15) is 5.56 Å². The monoisotopic (exact) mass is 322 g/mol. The maximum absolute atomic E-state index is 10.9. The Balaban J connectivity index is 2.48. The van der Waals surface area contributed by atoms with Crippen LogP contribution >= 0.6 is 11.6 Å². The minimum atomic E-state index is -0.615. The van der Waals surface area contributed by atoms with E-state index in [2.05, 4.69) is 4.99 Å². The number of nitrogens with zero attached hydrogens (tertiary/aromatic N) is 2. The molecular formula is C14H11ClN2O5. The smallest absolute Gasteiger partial charge is 0.274 e. The number of non-ortho nitro benzene ring substituents is 1.